The number of benzene rings is 1. The zero-order valence-electron chi connectivity index (χ0n) is 11.6. The normalized spacial score (nSPS) is 11.8. The molecular formula is C16H11F3N2O. The molecule has 3 nitrogen and oxygen atoms in total. The highest BCUT2D eigenvalue weighted by atomic mass is 19.4. The lowest BCUT2D eigenvalue weighted by Gasteiger charge is -2.09. The molecule has 22 heavy (non-hydrogen) atoms. The molecule has 0 saturated heterocycles. The molecule has 0 radical (unpaired) electrons. The van der Waals surface area contributed by atoms with Gasteiger partial charge in [0.15, 0.2) is 6.29 Å². The minimum absolute atomic E-state index is 0.459. The molecule has 0 saturated carbocycles. The number of aryl methyl sites for hydroxylation is 1. The number of hydrogen-bond donors (Lipinski definition) is 0. The Balaban J connectivity index is 2.20. The van der Waals surface area contributed by atoms with Crippen molar-refractivity contribution in [1.82, 2.24) is 9.55 Å². The molecule has 0 fully saturated rings. The first-order valence-electron chi connectivity index (χ1n) is 6.48. The number of halogens is 3. The summed E-state index contributed by atoms with van der Waals surface area (Å²) in [6.07, 6.45) is -0.424. The van der Waals surface area contributed by atoms with Crippen molar-refractivity contribution in [2.24, 2.45) is 7.05 Å². The number of hydrogen-bond acceptors (Lipinski definition) is 2. The van der Waals surface area contributed by atoms with Gasteiger partial charge >= 0.3 is 6.18 Å². The highest BCUT2D eigenvalue weighted by molar-refractivity contribution is 6.04. The van der Waals surface area contributed by atoms with Gasteiger partial charge in [-0.05, 0) is 29.3 Å². The van der Waals surface area contributed by atoms with Crippen LogP contribution in [-0.4, -0.2) is 15.8 Å². The average Bonchev–Trinajstić information content (AvgIpc) is 2.83. The van der Waals surface area contributed by atoms with Crippen molar-refractivity contribution in [3.05, 3.63) is 53.9 Å². The van der Waals surface area contributed by atoms with Crippen LogP contribution in [0.25, 0.3) is 22.2 Å². The van der Waals surface area contributed by atoms with E-state index >= 15 is 0 Å². The van der Waals surface area contributed by atoms with Crippen molar-refractivity contribution >= 4 is 17.3 Å². The van der Waals surface area contributed by atoms with Gasteiger partial charge in [0, 0.05) is 30.4 Å². The van der Waals surface area contributed by atoms with Gasteiger partial charge in [0.1, 0.15) is 5.65 Å². The van der Waals surface area contributed by atoms with Gasteiger partial charge in [0.2, 0.25) is 0 Å². The van der Waals surface area contributed by atoms with Crippen molar-refractivity contribution < 1.29 is 18.0 Å². The molecular weight excluding hydrogens is 293 g/mol. The first kappa shape index (κ1) is 14.3. The van der Waals surface area contributed by atoms with Crippen LogP contribution in [0.1, 0.15) is 15.9 Å². The van der Waals surface area contributed by atoms with Crippen molar-refractivity contribution in [2.75, 3.05) is 0 Å². The maximum atomic E-state index is 12.6. The van der Waals surface area contributed by atoms with Crippen molar-refractivity contribution in [3.8, 4) is 11.1 Å². The van der Waals surface area contributed by atoms with Gasteiger partial charge in [-0.15, -0.1) is 0 Å². The van der Waals surface area contributed by atoms with Crippen LogP contribution < -0.4 is 0 Å². The minimum atomic E-state index is -4.37. The lowest BCUT2D eigenvalue weighted by Crippen LogP contribution is -2.04. The molecule has 112 valence electrons. The molecule has 3 aromatic rings. The molecule has 0 aliphatic heterocycles. The Hall–Kier alpha value is -2.63. The third-order valence-electron chi connectivity index (χ3n) is 3.54. The Labute approximate surface area is 124 Å². The zero-order valence-corrected chi connectivity index (χ0v) is 11.6. The molecule has 0 atom stereocenters. The predicted octanol–water partition coefficient (Wildman–Crippen LogP) is 4.07. The van der Waals surface area contributed by atoms with E-state index < -0.39 is 11.7 Å². The van der Waals surface area contributed by atoms with Gasteiger partial charge in [-0.3, -0.25) is 4.79 Å². The fraction of sp³-hybridized carbons (Fsp3) is 0.125. The number of aromatic nitrogens is 2. The van der Waals surface area contributed by atoms with Crippen LogP contribution in [0.15, 0.2) is 42.7 Å². The number of pyridine rings is 1. The third kappa shape index (κ3) is 2.26. The summed E-state index contributed by atoms with van der Waals surface area (Å²) >= 11 is 0. The number of fused-ring (bicyclic) bond motifs is 1. The number of carbonyl (C=O) groups is 1. The van der Waals surface area contributed by atoms with E-state index in [0.717, 1.165) is 18.4 Å². The molecule has 2 heterocycles. The van der Waals surface area contributed by atoms with Gasteiger partial charge in [0.05, 0.1) is 5.56 Å². The second kappa shape index (κ2) is 4.98. The van der Waals surface area contributed by atoms with E-state index in [2.05, 4.69) is 4.98 Å². The van der Waals surface area contributed by atoms with E-state index in [9.17, 15) is 18.0 Å². The van der Waals surface area contributed by atoms with Gasteiger partial charge < -0.3 is 4.57 Å². The van der Waals surface area contributed by atoms with Gasteiger partial charge in [-0.1, -0.05) is 12.1 Å². The Morgan fingerprint density at radius 1 is 1.14 bits per heavy atom. The number of nitrogens with zero attached hydrogens (tertiary/aromatic N) is 2. The van der Waals surface area contributed by atoms with Crippen molar-refractivity contribution in [2.45, 2.75) is 6.18 Å². The van der Waals surface area contributed by atoms with E-state index in [1.165, 1.54) is 12.1 Å². The smallest absolute Gasteiger partial charge is 0.335 e. The highest BCUT2D eigenvalue weighted by Crippen LogP contribution is 2.34. The van der Waals surface area contributed by atoms with Crippen LogP contribution in [0.4, 0.5) is 13.2 Å². The average molecular weight is 304 g/mol. The third-order valence-corrected chi connectivity index (χ3v) is 3.54. The van der Waals surface area contributed by atoms with E-state index in [1.807, 2.05) is 0 Å². The quantitative estimate of drug-likeness (QED) is 0.669. The van der Waals surface area contributed by atoms with Crippen LogP contribution in [0.3, 0.4) is 0 Å². The SMILES string of the molecule is Cn1cc(C=O)c2c(-c3ccc(C(F)(F)F)cc3)ccnc21. The lowest BCUT2D eigenvalue weighted by atomic mass is 10.0. The maximum absolute atomic E-state index is 12.6. The standard InChI is InChI=1S/C16H11F3N2O/c1-21-8-11(9-22)14-13(6-7-20-15(14)21)10-2-4-12(5-3-10)16(17,18)19/h2-9H,1H3. The summed E-state index contributed by atoms with van der Waals surface area (Å²) in [6, 6.07) is 6.56. The van der Waals surface area contributed by atoms with E-state index in [0.29, 0.717) is 27.7 Å². The van der Waals surface area contributed by atoms with Crippen LogP contribution in [0.2, 0.25) is 0 Å². The van der Waals surface area contributed by atoms with Crippen LogP contribution in [-0.2, 0) is 13.2 Å². The molecule has 0 spiro atoms. The van der Waals surface area contributed by atoms with Gasteiger partial charge in [-0.2, -0.15) is 13.2 Å². The van der Waals surface area contributed by atoms with E-state index in [1.54, 1.807) is 30.1 Å². The molecule has 3 rings (SSSR count). The van der Waals surface area contributed by atoms with Crippen LogP contribution >= 0.6 is 0 Å². The van der Waals surface area contributed by atoms with E-state index in [4.69, 9.17) is 0 Å². The Kier molecular flexibility index (Phi) is 3.24. The summed E-state index contributed by atoms with van der Waals surface area (Å²) in [5.74, 6) is 0. The summed E-state index contributed by atoms with van der Waals surface area (Å²) in [5.41, 5.74) is 1.65. The van der Waals surface area contributed by atoms with Crippen LogP contribution in [0, 0.1) is 0 Å². The largest absolute Gasteiger partial charge is 0.416 e. The predicted molar refractivity (Wildman–Crippen MR) is 76.5 cm³/mol. The zero-order chi connectivity index (χ0) is 15.9. The van der Waals surface area contributed by atoms with Crippen molar-refractivity contribution in [1.29, 1.82) is 0 Å². The molecule has 0 unspecified atom stereocenters. The highest BCUT2D eigenvalue weighted by Gasteiger charge is 2.30. The maximum Gasteiger partial charge on any atom is 0.416 e. The van der Waals surface area contributed by atoms with Gasteiger partial charge in [0.25, 0.3) is 0 Å². The molecule has 6 heteroatoms. The number of aldehydes is 1. The fourth-order valence-corrected chi connectivity index (χ4v) is 2.51. The Morgan fingerprint density at radius 2 is 1.82 bits per heavy atom. The van der Waals surface area contributed by atoms with E-state index in [-0.39, 0.29) is 0 Å². The topological polar surface area (TPSA) is 34.9 Å². The summed E-state index contributed by atoms with van der Waals surface area (Å²) in [7, 11) is 1.76. The summed E-state index contributed by atoms with van der Waals surface area (Å²) in [5, 5.41) is 0.639. The summed E-state index contributed by atoms with van der Waals surface area (Å²) in [4.78, 5) is 15.4. The van der Waals surface area contributed by atoms with Crippen LogP contribution in [0.5, 0.6) is 0 Å². The molecule has 0 bridgehead atoms. The molecule has 0 aliphatic rings. The monoisotopic (exact) mass is 304 g/mol. The number of alkyl halides is 3. The second-order valence-corrected chi connectivity index (χ2v) is 4.95. The fourth-order valence-electron chi connectivity index (χ4n) is 2.51. The minimum Gasteiger partial charge on any atom is -0.335 e. The summed E-state index contributed by atoms with van der Waals surface area (Å²) in [6.45, 7) is 0. The molecule has 1 aromatic carbocycles. The van der Waals surface area contributed by atoms with Crippen molar-refractivity contribution in [3.63, 3.8) is 0 Å². The molecule has 2 aromatic heterocycles. The molecule has 0 N–H and O–H groups in total. The summed E-state index contributed by atoms with van der Waals surface area (Å²) < 4.78 is 39.6. The molecule has 0 amide bonds. The Morgan fingerprint density at radius 3 is 2.41 bits per heavy atom. The first-order valence-corrected chi connectivity index (χ1v) is 6.48. The number of carbonyl (C=O) groups excluding carboxylic acids is 1. The second-order valence-electron chi connectivity index (χ2n) is 4.95. The van der Waals surface area contributed by atoms with Gasteiger partial charge in [-0.25, -0.2) is 4.98 Å². The lowest BCUT2D eigenvalue weighted by molar-refractivity contribution is -0.137. The number of rotatable bonds is 2. The Bertz CT molecular complexity index is 848. The molecule has 0 aliphatic carbocycles. The first-order chi connectivity index (χ1) is 10.4.